The van der Waals surface area contributed by atoms with Gasteiger partial charge in [0.1, 0.15) is 0 Å². The highest BCUT2D eigenvalue weighted by atomic mass is 127. The van der Waals surface area contributed by atoms with Crippen molar-refractivity contribution in [1.82, 2.24) is 20.4 Å². The van der Waals surface area contributed by atoms with Gasteiger partial charge in [-0.1, -0.05) is 67.6 Å². The number of halogens is 1. The van der Waals surface area contributed by atoms with Gasteiger partial charge in [-0.15, -0.1) is 24.0 Å². The van der Waals surface area contributed by atoms with E-state index in [2.05, 4.69) is 94.9 Å². The molecule has 0 bridgehead atoms. The van der Waals surface area contributed by atoms with E-state index in [4.69, 9.17) is 4.99 Å². The van der Waals surface area contributed by atoms with Crippen LogP contribution in [0.4, 0.5) is 0 Å². The lowest BCUT2D eigenvalue weighted by atomic mass is 9.91. The number of hydrogen-bond acceptors (Lipinski definition) is 3. The largest absolute Gasteiger partial charge is 0.357 e. The summed E-state index contributed by atoms with van der Waals surface area (Å²) in [7, 11) is 0. The summed E-state index contributed by atoms with van der Waals surface area (Å²) in [4.78, 5) is 10.1. The van der Waals surface area contributed by atoms with Crippen molar-refractivity contribution in [2.45, 2.75) is 32.6 Å². The standard InChI is InChI=1S/C27H41N5.HI/c1-3-28-27(29-17-11-12-18-32-21-19-31(4-2)20-22-32)30-23-26(24-13-7-5-8-14-24)25-15-9-6-10-16-25;/h5-10,13-16,26H,3-4,11-12,17-23H2,1-2H3,(H2,28,29,30);1H. The Morgan fingerprint density at radius 3 is 1.94 bits per heavy atom. The Kier molecular flexibility index (Phi) is 13.4. The number of unbranched alkanes of at least 4 members (excludes halogenated alkanes) is 1. The lowest BCUT2D eigenvalue weighted by molar-refractivity contribution is 0.136. The van der Waals surface area contributed by atoms with Gasteiger partial charge < -0.3 is 20.4 Å². The van der Waals surface area contributed by atoms with Crippen LogP contribution in [0.15, 0.2) is 65.7 Å². The van der Waals surface area contributed by atoms with E-state index in [1.807, 2.05) is 0 Å². The molecule has 0 spiro atoms. The van der Waals surface area contributed by atoms with Crippen molar-refractivity contribution in [3.8, 4) is 0 Å². The molecule has 0 unspecified atom stereocenters. The first-order valence-corrected chi connectivity index (χ1v) is 12.4. The number of nitrogens with one attached hydrogen (secondary N) is 2. The number of piperazine rings is 1. The van der Waals surface area contributed by atoms with Crippen molar-refractivity contribution in [2.24, 2.45) is 4.99 Å². The molecule has 6 heteroatoms. The average molecular weight is 564 g/mol. The first kappa shape index (κ1) is 27.6. The maximum Gasteiger partial charge on any atom is 0.191 e. The predicted molar refractivity (Wildman–Crippen MR) is 152 cm³/mol. The van der Waals surface area contributed by atoms with Crippen LogP contribution in [-0.4, -0.2) is 74.7 Å². The SMILES string of the molecule is CCNC(=NCC(c1ccccc1)c1ccccc1)NCCCCN1CCN(CC)CC1.I. The van der Waals surface area contributed by atoms with Gasteiger partial charge in [-0.25, -0.2) is 0 Å². The second kappa shape index (κ2) is 16.1. The van der Waals surface area contributed by atoms with Crippen molar-refractivity contribution in [3.05, 3.63) is 71.8 Å². The van der Waals surface area contributed by atoms with Crippen molar-refractivity contribution in [1.29, 1.82) is 0 Å². The van der Waals surface area contributed by atoms with E-state index in [1.54, 1.807) is 0 Å². The van der Waals surface area contributed by atoms with Crippen LogP contribution < -0.4 is 10.6 Å². The zero-order valence-corrected chi connectivity index (χ0v) is 22.7. The molecule has 0 aliphatic carbocycles. The molecule has 33 heavy (non-hydrogen) atoms. The van der Waals surface area contributed by atoms with Crippen LogP contribution in [0, 0.1) is 0 Å². The van der Waals surface area contributed by atoms with E-state index < -0.39 is 0 Å². The summed E-state index contributed by atoms with van der Waals surface area (Å²) in [6, 6.07) is 21.4. The summed E-state index contributed by atoms with van der Waals surface area (Å²) >= 11 is 0. The second-order valence-electron chi connectivity index (χ2n) is 8.50. The predicted octanol–water partition coefficient (Wildman–Crippen LogP) is 4.41. The van der Waals surface area contributed by atoms with Crippen LogP contribution in [0.2, 0.25) is 0 Å². The van der Waals surface area contributed by atoms with E-state index in [0.29, 0.717) is 0 Å². The summed E-state index contributed by atoms with van der Waals surface area (Å²) < 4.78 is 0. The van der Waals surface area contributed by atoms with Gasteiger partial charge in [0.2, 0.25) is 0 Å². The average Bonchev–Trinajstić information content (AvgIpc) is 2.85. The van der Waals surface area contributed by atoms with Gasteiger partial charge in [-0.3, -0.25) is 4.99 Å². The molecule has 1 aliphatic rings. The van der Waals surface area contributed by atoms with Gasteiger partial charge in [-0.2, -0.15) is 0 Å². The first-order chi connectivity index (χ1) is 15.8. The Morgan fingerprint density at radius 2 is 1.39 bits per heavy atom. The van der Waals surface area contributed by atoms with Gasteiger partial charge in [0.15, 0.2) is 5.96 Å². The molecular formula is C27H42IN5. The third kappa shape index (κ3) is 9.63. The molecule has 182 valence electrons. The van der Waals surface area contributed by atoms with Gasteiger partial charge in [0.25, 0.3) is 0 Å². The summed E-state index contributed by atoms with van der Waals surface area (Å²) in [6.07, 6.45) is 2.40. The van der Waals surface area contributed by atoms with Crippen LogP contribution in [0.3, 0.4) is 0 Å². The molecular weight excluding hydrogens is 521 g/mol. The zero-order valence-electron chi connectivity index (χ0n) is 20.4. The molecule has 0 aromatic heterocycles. The maximum atomic E-state index is 4.95. The van der Waals surface area contributed by atoms with Crippen molar-refractivity contribution in [3.63, 3.8) is 0 Å². The molecule has 1 aliphatic heterocycles. The Hall–Kier alpha value is -1.64. The highest BCUT2D eigenvalue weighted by Crippen LogP contribution is 2.24. The third-order valence-electron chi connectivity index (χ3n) is 6.29. The van der Waals surface area contributed by atoms with Crippen LogP contribution in [-0.2, 0) is 0 Å². The number of rotatable bonds is 11. The molecule has 3 rings (SSSR count). The molecule has 5 nitrogen and oxygen atoms in total. The lowest BCUT2D eigenvalue weighted by Crippen LogP contribution is -2.46. The summed E-state index contributed by atoms with van der Waals surface area (Å²) in [6.45, 7) is 14.2. The first-order valence-electron chi connectivity index (χ1n) is 12.4. The maximum absolute atomic E-state index is 4.95. The van der Waals surface area contributed by atoms with E-state index in [9.17, 15) is 0 Å². The molecule has 2 N–H and O–H groups in total. The number of hydrogen-bond donors (Lipinski definition) is 2. The molecule has 1 heterocycles. The molecule has 1 fully saturated rings. The number of likely N-dealkylation sites (N-methyl/N-ethyl adjacent to an activating group) is 1. The van der Waals surface area contributed by atoms with E-state index in [1.165, 1.54) is 63.2 Å². The minimum absolute atomic E-state index is 0. The fourth-order valence-corrected chi connectivity index (χ4v) is 4.29. The quantitative estimate of drug-likeness (QED) is 0.184. The molecule has 0 amide bonds. The van der Waals surface area contributed by atoms with Gasteiger partial charge in [0.05, 0.1) is 6.54 Å². The summed E-state index contributed by atoms with van der Waals surface area (Å²) in [5.74, 6) is 1.18. The summed E-state index contributed by atoms with van der Waals surface area (Å²) in [5, 5.41) is 6.96. The molecule has 1 saturated heterocycles. The van der Waals surface area contributed by atoms with Crippen molar-refractivity contribution in [2.75, 3.05) is 58.9 Å². The van der Waals surface area contributed by atoms with Crippen molar-refractivity contribution >= 4 is 29.9 Å². The third-order valence-corrected chi connectivity index (χ3v) is 6.29. The topological polar surface area (TPSA) is 42.9 Å². The Bertz CT molecular complexity index is 736. The number of guanidine groups is 1. The van der Waals surface area contributed by atoms with Gasteiger partial charge in [-0.05, 0) is 44.0 Å². The Morgan fingerprint density at radius 1 is 0.818 bits per heavy atom. The minimum Gasteiger partial charge on any atom is -0.357 e. The highest BCUT2D eigenvalue weighted by molar-refractivity contribution is 14.0. The van der Waals surface area contributed by atoms with Crippen LogP contribution in [0.25, 0.3) is 0 Å². The normalized spacial score (nSPS) is 15.3. The lowest BCUT2D eigenvalue weighted by Gasteiger charge is -2.34. The van der Waals surface area contributed by atoms with Gasteiger partial charge in [0, 0.05) is 45.2 Å². The Balaban J connectivity index is 0.00000385. The van der Waals surface area contributed by atoms with E-state index >= 15 is 0 Å². The van der Waals surface area contributed by atoms with E-state index in [-0.39, 0.29) is 29.9 Å². The minimum atomic E-state index is 0. The zero-order chi connectivity index (χ0) is 22.4. The summed E-state index contributed by atoms with van der Waals surface area (Å²) in [5.41, 5.74) is 2.61. The molecule has 2 aromatic carbocycles. The number of nitrogens with zero attached hydrogens (tertiary/aromatic N) is 3. The van der Waals surface area contributed by atoms with Crippen molar-refractivity contribution < 1.29 is 0 Å². The second-order valence-corrected chi connectivity index (χ2v) is 8.50. The monoisotopic (exact) mass is 563 g/mol. The molecule has 0 radical (unpaired) electrons. The highest BCUT2D eigenvalue weighted by Gasteiger charge is 2.15. The van der Waals surface area contributed by atoms with Gasteiger partial charge >= 0.3 is 0 Å². The fraction of sp³-hybridized carbons (Fsp3) is 0.519. The molecule has 2 aromatic rings. The smallest absolute Gasteiger partial charge is 0.191 e. The van der Waals surface area contributed by atoms with Crippen LogP contribution in [0.5, 0.6) is 0 Å². The fourth-order valence-electron chi connectivity index (χ4n) is 4.29. The van der Waals surface area contributed by atoms with Crippen LogP contribution in [0.1, 0.15) is 43.7 Å². The molecule has 0 saturated carbocycles. The number of benzene rings is 2. The number of aliphatic imine (C=N–C) groups is 1. The Labute approximate surface area is 218 Å². The van der Waals surface area contributed by atoms with Crippen LogP contribution >= 0.6 is 24.0 Å². The molecule has 0 atom stereocenters. The van der Waals surface area contributed by atoms with E-state index in [0.717, 1.165) is 25.6 Å².